The molecule has 3 heterocycles. The van der Waals surface area contributed by atoms with Crippen molar-refractivity contribution in [3.63, 3.8) is 0 Å². The van der Waals surface area contributed by atoms with Crippen LogP contribution in [0, 0.1) is 23.7 Å². The summed E-state index contributed by atoms with van der Waals surface area (Å²) in [4.78, 5) is 149. The van der Waals surface area contributed by atoms with Gasteiger partial charge < -0.3 is 74.0 Å². The molecule has 2 aromatic rings. The summed E-state index contributed by atoms with van der Waals surface area (Å²) in [6.45, 7) is 14.7. The summed E-state index contributed by atoms with van der Waals surface area (Å²) in [5.74, 6) is -8.48. The number of phenolic OH excluding ortho intramolecular Hbond substituents is 2. The van der Waals surface area contributed by atoms with E-state index in [0.717, 1.165) is 0 Å². The number of phenols is 2. The van der Waals surface area contributed by atoms with Crippen LogP contribution < -0.4 is 54.0 Å². The van der Waals surface area contributed by atoms with Crippen molar-refractivity contribution in [2.45, 2.75) is 193 Å². The molecule has 24 nitrogen and oxygen atoms in total. The van der Waals surface area contributed by atoms with Gasteiger partial charge in [-0.1, -0.05) is 79.7 Å². The number of fused-ring (bicyclic) bond motifs is 2. The topological polar surface area (TPSA) is 366 Å². The molecule has 3 aliphatic rings. The third-order valence-corrected chi connectivity index (χ3v) is 15.5. The van der Waals surface area contributed by atoms with Crippen LogP contribution in [-0.4, -0.2) is 166 Å². The first-order valence-corrected chi connectivity index (χ1v) is 29.8. The van der Waals surface area contributed by atoms with Crippen molar-refractivity contribution in [1.29, 1.82) is 0 Å². The van der Waals surface area contributed by atoms with Gasteiger partial charge in [0.1, 0.15) is 71.9 Å². The van der Waals surface area contributed by atoms with E-state index in [4.69, 9.17) is 11.5 Å². The van der Waals surface area contributed by atoms with Crippen molar-refractivity contribution < 1.29 is 58.2 Å². The Morgan fingerprint density at radius 1 is 0.429 bits per heavy atom. The Bertz CT molecular complexity index is 2420. The van der Waals surface area contributed by atoms with Crippen LogP contribution in [0.3, 0.4) is 0 Å². The number of hydrogen-bond acceptors (Lipinski definition) is 14. The molecule has 0 spiro atoms. The molecule has 2 aromatic carbocycles. The minimum atomic E-state index is -1.31. The molecular formula is C60H92N12O12. The number of hydrogen-bond donors (Lipinski definition) is 12. The van der Waals surface area contributed by atoms with Crippen LogP contribution >= 0.6 is 0 Å². The largest absolute Gasteiger partial charge is 0.508 e. The van der Waals surface area contributed by atoms with E-state index in [-0.39, 0.29) is 114 Å². The van der Waals surface area contributed by atoms with Gasteiger partial charge in [-0.25, -0.2) is 0 Å². The summed E-state index contributed by atoms with van der Waals surface area (Å²) >= 11 is 0. The molecule has 0 unspecified atom stereocenters. The van der Waals surface area contributed by atoms with Gasteiger partial charge >= 0.3 is 0 Å². The summed E-state index contributed by atoms with van der Waals surface area (Å²) in [5, 5.41) is 42.8. The van der Waals surface area contributed by atoms with E-state index in [0.29, 0.717) is 24.0 Å². The van der Waals surface area contributed by atoms with Crippen LogP contribution in [0.15, 0.2) is 48.5 Å². The van der Waals surface area contributed by atoms with Gasteiger partial charge in [-0.05, 0) is 136 Å². The molecule has 0 radical (unpaired) electrons. The number of aromatic hydroxyl groups is 2. The second-order valence-corrected chi connectivity index (χ2v) is 24.1. The molecule has 10 amide bonds. The number of amides is 10. The average molecular weight is 1170 g/mol. The summed E-state index contributed by atoms with van der Waals surface area (Å²) in [6.07, 6.45) is 1.82. The third kappa shape index (κ3) is 19.4. The Morgan fingerprint density at radius 3 is 1.05 bits per heavy atom. The molecule has 24 heteroatoms. The molecule has 14 N–H and O–H groups in total. The lowest BCUT2D eigenvalue weighted by Gasteiger charge is -2.33. The molecule has 3 saturated heterocycles. The summed E-state index contributed by atoms with van der Waals surface area (Å²) in [7, 11) is 0. The molecular weight excluding hydrogens is 1080 g/mol. The summed E-state index contributed by atoms with van der Waals surface area (Å²) < 4.78 is 0. The standard InChI is InChI=1S/C60H92N12O12/c1-33(2)29-43-53(77)67-45(31-37-17-21-39(73)22-18-37)59(83)71-27-11-15-47(71)55(79)70-50(36(7)8)58(82)64-42(14-10-26-62)52(76)66-44(30-34(3)4)54(78)68-46(32-38-19-23-40(74)24-20-38)60(84)72-28-12-16-48(72)56(80)69-49(35(5)6)57(81)63-41(13-9-25-61)51(75)65-43/h17-24,33-36,41-50,73-74H,9-16,25-32,61-62H2,1-8H3,(H,63,81)(H,64,82)(H,65,75)(H,66,76)(H,67,77)(H,68,78)(H,69,80)(H,70,79)/t41-,42-,43-,44-,45-,46+,47-,48-,49-,50-/m0/s1. The summed E-state index contributed by atoms with van der Waals surface area (Å²) in [5.41, 5.74) is 12.9. The zero-order valence-electron chi connectivity index (χ0n) is 50.0. The van der Waals surface area contributed by atoms with E-state index >= 15 is 0 Å². The first kappa shape index (κ1) is 67.5. The average Bonchev–Trinajstić information content (AvgIpc) is 4.31. The smallest absolute Gasteiger partial charge is 0.246 e. The van der Waals surface area contributed by atoms with Crippen LogP contribution in [0.4, 0.5) is 0 Å². The Hall–Kier alpha value is -7.34. The number of rotatable bonds is 16. The van der Waals surface area contributed by atoms with Crippen molar-refractivity contribution in [2.24, 2.45) is 35.1 Å². The van der Waals surface area contributed by atoms with Crippen molar-refractivity contribution >= 4 is 59.1 Å². The fourth-order valence-electron chi connectivity index (χ4n) is 10.9. The fraction of sp³-hybridized carbons (Fsp3) is 0.633. The predicted octanol–water partition coefficient (Wildman–Crippen LogP) is 0.639. The summed E-state index contributed by atoms with van der Waals surface area (Å²) in [6, 6.07) is -0.246. The lowest BCUT2D eigenvalue weighted by molar-refractivity contribution is -0.143. The number of carbonyl (C=O) groups is 10. The van der Waals surface area contributed by atoms with E-state index in [1.54, 1.807) is 52.0 Å². The van der Waals surface area contributed by atoms with Crippen LogP contribution in [0.5, 0.6) is 11.5 Å². The zero-order chi connectivity index (χ0) is 61.9. The number of nitrogens with two attached hydrogens (primary N) is 2. The molecule has 10 atom stereocenters. The number of benzene rings is 2. The molecule has 3 aliphatic heterocycles. The predicted molar refractivity (Wildman–Crippen MR) is 314 cm³/mol. The van der Waals surface area contributed by atoms with Gasteiger partial charge in [0.05, 0.1) is 0 Å². The highest BCUT2D eigenvalue weighted by atomic mass is 16.3. The molecule has 5 rings (SSSR count). The fourth-order valence-corrected chi connectivity index (χ4v) is 10.9. The molecule has 0 aliphatic carbocycles. The van der Waals surface area contributed by atoms with E-state index in [1.807, 2.05) is 27.7 Å². The van der Waals surface area contributed by atoms with E-state index in [2.05, 4.69) is 42.5 Å². The van der Waals surface area contributed by atoms with Crippen LogP contribution in [0.2, 0.25) is 0 Å². The van der Waals surface area contributed by atoms with Gasteiger partial charge in [-0.3, -0.25) is 47.9 Å². The van der Waals surface area contributed by atoms with Gasteiger partial charge in [0.2, 0.25) is 59.1 Å². The monoisotopic (exact) mass is 1170 g/mol. The highest BCUT2D eigenvalue weighted by Gasteiger charge is 2.43. The number of nitrogens with one attached hydrogen (secondary N) is 8. The maximum atomic E-state index is 14.9. The maximum absolute atomic E-state index is 14.9. The highest BCUT2D eigenvalue weighted by molar-refractivity contribution is 6.00. The first-order chi connectivity index (χ1) is 39.8. The van der Waals surface area contributed by atoms with Gasteiger partial charge in [-0.2, -0.15) is 0 Å². The van der Waals surface area contributed by atoms with E-state index < -0.39 is 131 Å². The highest BCUT2D eigenvalue weighted by Crippen LogP contribution is 2.24. The van der Waals surface area contributed by atoms with Gasteiger partial charge in [0.25, 0.3) is 0 Å². The molecule has 0 aromatic heterocycles. The second kappa shape index (κ2) is 32.1. The van der Waals surface area contributed by atoms with Crippen molar-refractivity contribution in [1.82, 2.24) is 52.3 Å². The molecule has 84 heavy (non-hydrogen) atoms. The Kier molecular flexibility index (Phi) is 25.8. The van der Waals surface area contributed by atoms with Gasteiger partial charge in [-0.15, -0.1) is 0 Å². The van der Waals surface area contributed by atoms with Crippen molar-refractivity contribution in [3.05, 3.63) is 59.7 Å². The minimum absolute atomic E-state index is 0.0354. The number of carbonyl (C=O) groups excluding carboxylic acids is 10. The quantitative estimate of drug-likeness (QED) is 0.110. The Balaban J connectivity index is 1.60. The Morgan fingerprint density at radius 2 is 0.738 bits per heavy atom. The van der Waals surface area contributed by atoms with E-state index in [9.17, 15) is 58.2 Å². The molecule has 3 fully saturated rings. The lowest BCUT2D eigenvalue weighted by Crippen LogP contribution is -2.62. The molecule has 464 valence electrons. The maximum Gasteiger partial charge on any atom is 0.246 e. The van der Waals surface area contributed by atoms with Gasteiger partial charge in [0, 0.05) is 25.9 Å². The van der Waals surface area contributed by atoms with Crippen LogP contribution in [-0.2, 0) is 60.8 Å². The second-order valence-electron chi connectivity index (χ2n) is 24.1. The molecule has 0 bridgehead atoms. The SMILES string of the molecule is CC(C)C[C@@H]1NC(=O)[C@H](CCCN)NC(=O)[C@H](C(C)C)NC(=O)[C@@H]2CCCN2C(=O)[C@@H](Cc2ccc(O)cc2)NC(=O)[C@H](CC(C)C)NC(=O)[C@H](CCCN)NC(=O)[C@H](C(C)C)NC(=O)[C@@H]2CCCN2C(=O)[C@H](Cc2ccc(O)cc2)NC1=O. The van der Waals surface area contributed by atoms with Gasteiger partial charge in [0.15, 0.2) is 0 Å². The minimum Gasteiger partial charge on any atom is -0.508 e. The van der Waals surface area contributed by atoms with Crippen molar-refractivity contribution in [2.75, 3.05) is 26.2 Å². The molecule has 0 saturated carbocycles. The number of nitrogens with zero attached hydrogens (tertiary/aromatic N) is 2. The first-order valence-electron chi connectivity index (χ1n) is 29.8. The lowest BCUT2D eigenvalue weighted by atomic mass is 9.98. The third-order valence-electron chi connectivity index (χ3n) is 15.5. The van der Waals surface area contributed by atoms with Crippen LogP contribution in [0.25, 0.3) is 0 Å². The van der Waals surface area contributed by atoms with E-state index in [1.165, 1.54) is 34.1 Å². The van der Waals surface area contributed by atoms with Crippen LogP contribution in [0.1, 0.15) is 131 Å². The Labute approximate surface area is 493 Å². The van der Waals surface area contributed by atoms with Crippen molar-refractivity contribution in [3.8, 4) is 11.5 Å². The normalized spacial score (nSPS) is 26.2. The zero-order valence-corrected chi connectivity index (χ0v) is 50.0.